The highest BCUT2D eigenvalue weighted by Crippen LogP contribution is 2.09. The summed E-state index contributed by atoms with van der Waals surface area (Å²) in [7, 11) is 1.67. The first-order valence-corrected chi connectivity index (χ1v) is 5.74. The first-order chi connectivity index (χ1) is 7.65. The van der Waals surface area contributed by atoms with Gasteiger partial charge in [-0.15, -0.1) is 10.2 Å². The van der Waals surface area contributed by atoms with Gasteiger partial charge in [-0.1, -0.05) is 12.1 Å². The summed E-state index contributed by atoms with van der Waals surface area (Å²) in [6.45, 7) is 0. The molecular weight excluding hydrogens is 319 g/mol. The lowest BCUT2D eigenvalue weighted by Crippen LogP contribution is -2.05. The summed E-state index contributed by atoms with van der Waals surface area (Å²) in [6.07, 6.45) is 0.188. The molecule has 2 aromatic rings. The molecule has 0 aliphatic heterocycles. The van der Waals surface area contributed by atoms with Crippen LogP contribution in [0.5, 0.6) is 0 Å². The van der Waals surface area contributed by atoms with Crippen LogP contribution in [0.2, 0.25) is 0 Å². The third kappa shape index (κ3) is 2.63. The Morgan fingerprint density at radius 1 is 1.50 bits per heavy atom. The van der Waals surface area contributed by atoms with Gasteiger partial charge in [0.1, 0.15) is 0 Å². The minimum atomic E-state index is 0.00603. The molecule has 0 aliphatic rings. The Labute approximate surface area is 106 Å². The molecule has 2 rings (SSSR count). The average Bonchev–Trinajstić information content (AvgIpc) is 2.64. The predicted molar refractivity (Wildman–Crippen MR) is 66.0 cm³/mol. The van der Waals surface area contributed by atoms with Gasteiger partial charge in [-0.05, 0) is 39.9 Å². The molecule has 16 heavy (non-hydrogen) atoms. The van der Waals surface area contributed by atoms with Crippen LogP contribution < -0.4 is 0 Å². The molecule has 0 fully saturated rings. The molecule has 0 atom stereocenters. The Hall–Kier alpha value is -1.31. The maximum Gasteiger partial charge on any atom is 0.182 e. The van der Waals surface area contributed by atoms with E-state index >= 15 is 0 Å². The van der Waals surface area contributed by atoms with Gasteiger partial charge in [-0.25, -0.2) is 0 Å². The van der Waals surface area contributed by atoms with Gasteiger partial charge >= 0.3 is 0 Å². The lowest BCUT2D eigenvalue weighted by Gasteiger charge is -1.98. The van der Waals surface area contributed by atoms with Crippen molar-refractivity contribution < 1.29 is 4.79 Å². The fourth-order valence-electron chi connectivity index (χ4n) is 1.30. The molecule has 0 saturated carbocycles. The third-order valence-corrected chi connectivity index (χ3v) is 2.69. The molecule has 1 aromatic carbocycles. The van der Waals surface area contributed by atoms with E-state index in [1.165, 1.54) is 4.80 Å². The molecule has 5 nitrogen and oxygen atoms in total. The fraction of sp³-hybridized carbons (Fsp3) is 0.200. The van der Waals surface area contributed by atoms with Crippen LogP contribution in [0.3, 0.4) is 0 Å². The van der Waals surface area contributed by atoms with Gasteiger partial charge in [0.15, 0.2) is 11.6 Å². The second-order valence-electron chi connectivity index (χ2n) is 3.31. The summed E-state index contributed by atoms with van der Waals surface area (Å²) in [5.41, 5.74) is 0.680. The van der Waals surface area contributed by atoms with Crippen molar-refractivity contribution in [1.82, 2.24) is 20.2 Å². The number of carbonyl (C=O) groups is 1. The molecule has 0 unspecified atom stereocenters. The Kier molecular flexibility index (Phi) is 3.28. The largest absolute Gasteiger partial charge is 0.294 e. The number of rotatable bonds is 3. The van der Waals surface area contributed by atoms with Crippen molar-refractivity contribution in [3.8, 4) is 0 Å². The number of nitrogens with zero attached hydrogens (tertiary/aromatic N) is 4. The fourth-order valence-corrected chi connectivity index (χ4v) is 1.84. The SMILES string of the molecule is Cn1nnc(CC(=O)c2cccc(I)c2)n1. The molecule has 1 heterocycles. The summed E-state index contributed by atoms with van der Waals surface area (Å²) in [5.74, 6) is 0.456. The van der Waals surface area contributed by atoms with Crippen molar-refractivity contribution in [2.45, 2.75) is 6.42 Å². The van der Waals surface area contributed by atoms with Crippen LogP contribution in [0.4, 0.5) is 0 Å². The number of benzene rings is 1. The Bertz CT molecular complexity index is 523. The van der Waals surface area contributed by atoms with E-state index in [1.54, 1.807) is 13.1 Å². The quantitative estimate of drug-likeness (QED) is 0.628. The van der Waals surface area contributed by atoms with Crippen LogP contribution in [0.15, 0.2) is 24.3 Å². The topological polar surface area (TPSA) is 60.7 Å². The third-order valence-electron chi connectivity index (χ3n) is 2.02. The Balaban J connectivity index is 2.14. The van der Waals surface area contributed by atoms with Gasteiger partial charge in [0.05, 0.1) is 13.5 Å². The number of carbonyl (C=O) groups excluding carboxylic acids is 1. The van der Waals surface area contributed by atoms with E-state index < -0.39 is 0 Å². The molecular formula is C10H9IN4O. The first-order valence-electron chi connectivity index (χ1n) is 4.67. The Morgan fingerprint density at radius 2 is 2.31 bits per heavy atom. The van der Waals surface area contributed by atoms with Crippen LogP contribution in [-0.2, 0) is 13.5 Å². The molecule has 0 N–H and O–H groups in total. The second-order valence-corrected chi connectivity index (χ2v) is 4.55. The standard InChI is InChI=1S/C10H9IN4O/c1-15-13-10(12-14-15)6-9(16)7-3-2-4-8(11)5-7/h2-5H,6H2,1H3. The molecule has 0 saturated heterocycles. The van der Waals surface area contributed by atoms with Gasteiger partial charge in [-0.3, -0.25) is 4.79 Å². The van der Waals surface area contributed by atoms with E-state index in [0.29, 0.717) is 11.4 Å². The number of aryl methyl sites for hydroxylation is 1. The van der Waals surface area contributed by atoms with Gasteiger partial charge in [0.2, 0.25) is 0 Å². The predicted octanol–water partition coefficient (Wildman–Crippen LogP) is 1.24. The van der Waals surface area contributed by atoms with Crippen LogP contribution in [0.1, 0.15) is 16.2 Å². The zero-order chi connectivity index (χ0) is 11.5. The smallest absolute Gasteiger partial charge is 0.182 e. The van der Waals surface area contributed by atoms with Crippen LogP contribution in [0.25, 0.3) is 0 Å². The number of hydrogen-bond acceptors (Lipinski definition) is 4. The highest BCUT2D eigenvalue weighted by Gasteiger charge is 2.10. The van der Waals surface area contributed by atoms with Crippen LogP contribution >= 0.6 is 22.6 Å². The van der Waals surface area contributed by atoms with E-state index in [1.807, 2.05) is 18.2 Å². The number of hydrogen-bond donors (Lipinski definition) is 0. The summed E-state index contributed by atoms with van der Waals surface area (Å²) in [6, 6.07) is 7.44. The second kappa shape index (κ2) is 4.69. The maximum absolute atomic E-state index is 11.9. The first kappa shape index (κ1) is 11.2. The van der Waals surface area contributed by atoms with Gasteiger partial charge < -0.3 is 0 Å². The lowest BCUT2D eigenvalue weighted by atomic mass is 10.1. The number of halogens is 1. The molecule has 0 spiro atoms. The monoisotopic (exact) mass is 328 g/mol. The maximum atomic E-state index is 11.9. The van der Waals surface area contributed by atoms with Crippen molar-refractivity contribution in [2.24, 2.45) is 7.05 Å². The number of tetrazole rings is 1. The highest BCUT2D eigenvalue weighted by atomic mass is 127. The number of aromatic nitrogens is 4. The summed E-state index contributed by atoms with van der Waals surface area (Å²) in [4.78, 5) is 13.2. The van der Waals surface area contributed by atoms with Crippen molar-refractivity contribution >= 4 is 28.4 Å². The van der Waals surface area contributed by atoms with Gasteiger partial charge in [-0.2, -0.15) is 4.80 Å². The Morgan fingerprint density at radius 3 is 2.94 bits per heavy atom. The number of ketones is 1. The highest BCUT2D eigenvalue weighted by molar-refractivity contribution is 14.1. The zero-order valence-electron chi connectivity index (χ0n) is 8.59. The average molecular weight is 328 g/mol. The van der Waals surface area contributed by atoms with Crippen molar-refractivity contribution in [2.75, 3.05) is 0 Å². The molecule has 1 aromatic heterocycles. The molecule has 0 aliphatic carbocycles. The van der Waals surface area contributed by atoms with Crippen molar-refractivity contribution in [3.05, 3.63) is 39.2 Å². The van der Waals surface area contributed by atoms with Crippen molar-refractivity contribution in [1.29, 1.82) is 0 Å². The van der Waals surface area contributed by atoms with Gasteiger partial charge in [0, 0.05) is 9.13 Å². The lowest BCUT2D eigenvalue weighted by molar-refractivity contribution is 0.0990. The van der Waals surface area contributed by atoms with E-state index in [2.05, 4.69) is 38.0 Å². The van der Waals surface area contributed by atoms with Crippen molar-refractivity contribution in [3.63, 3.8) is 0 Å². The molecule has 6 heteroatoms. The minimum Gasteiger partial charge on any atom is -0.294 e. The van der Waals surface area contributed by atoms with E-state index in [4.69, 9.17) is 0 Å². The van der Waals surface area contributed by atoms with Gasteiger partial charge in [0.25, 0.3) is 0 Å². The number of Topliss-reactive ketones (excluding diaryl/α,β-unsaturated/α-hetero) is 1. The summed E-state index contributed by atoms with van der Waals surface area (Å²) >= 11 is 2.17. The normalized spacial score (nSPS) is 10.4. The summed E-state index contributed by atoms with van der Waals surface area (Å²) < 4.78 is 1.04. The molecule has 0 bridgehead atoms. The van der Waals surface area contributed by atoms with E-state index in [9.17, 15) is 4.79 Å². The zero-order valence-corrected chi connectivity index (χ0v) is 10.7. The minimum absolute atomic E-state index is 0.00603. The molecule has 82 valence electrons. The van der Waals surface area contributed by atoms with E-state index in [-0.39, 0.29) is 12.2 Å². The van der Waals surface area contributed by atoms with Crippen LogP contribution in [0, 0.1) is 3.57 Å². The molecule has 0 amide bonds. The van der Waals surface area contributed by atoms with Crippen LogP contribution in [-0.4, -0.2) is 26.0 Å². The summed E-state index contributed by atoms with van der Waals surface area (Å²) in [5, 5.41) is 11.4. The van der Waals surface area contributed by atoms with E-state index in [0.717, 1.165) is 3.57 Å². The molecule has 0 radical (unpaired) electrons.